The fourth-order valence-electron chi connectivity index (χ4n) is 2.20. The molecule has 6 nitrogen and oxygen atoms in total. The van der Waals surface area contributed by atoms with Gasteiger partial charge >= 0.3 is 0 Å². The molecule has 0 bridgehead atoms. The number of furan rings is 1. The number of amides is 1. The summed E-state index contributed by atoms with van der Waals surface area (Å²) in [6.45, 7) is 5.10. The van der Waals surface area contributed by atoms with Crippen molar-refractivity contribution < 1.29 is 9.21 Å². The predicted octanol–water partition coefficient (Wildman–Crippen LogP) is 3.13. The Morgan fingerprint density at radius 3 is 2.68 bits per heavy atom. The average molecular weight is 342 g/mol. The summed E-state index contributed by atoms with van der Waals surface area (Å²) in [7, 11) is 1.72. The Kier molecular flexibility index (Phi) is 7.07. The van der Waals surface area contributed by atoms with Crippen molar-refractivity contribution in [1.29, 1.82) is 0 Å². The lowest BCUT2D eigenvalue weighted by Crippen LogP contribution is -2.36. The molecule has 1 aromatic carbocycles. The highest BCUT2D eigenvalue weighted by molar-refractivity contribution is 5.92. The van der Waals surface area contributed by atoms with E-state index in [0.717, 1.165) is 23.4 Å². The molecule has 3 N–H and O–H groups in total. The number of carbonyl (C=O) groups excluding carboxylic acids is 1. The number of rotatable bonds is 7. The summed E-state index contributed by atoms with van der Waals surface area (Å²) >= 11 is 0. The smallest absolute Gasteiger partial charge is 0.227 e. The maximum absolute atomic E-state index is 12.0. The molecule has 1 atom stereocenters. The lowest BCUT2D eigenvalue weighted by atomic mass is 10.1. The highest BCUT2D eigenvalue weighted by Crippen LogP contribution is 2.13. The van der Waals surface area contributed by atoms with Crippen molar-refractivity contribution in [3.05, 3.63) is 54.0 Å². The Bertz CT molecular complexity index is 695. The molecule has 25 heavy (non-hydrogen) atoms. The maximum atomic E-state index is 12.0. The number of nitrogens with zero attached hydrogens (tertiary/aromatic N) is 1. The molecule has 0 saturated carbocycles. The van der Waals surface area contributed by atoms with Crippen LogP contribution in [0.4, 0.5) is 5.69 Å². The first-order valence-corrected chi connectivity index (χ1v) is 8.49. The Labute approximate surface area is 148 Å². The van der Waals surface area contributed by atoms with E-state index in [0.29, 0.717) is 19.0 Å². The van der Waals surface area contributed by atoms with Crippen LogP contribution in [0.15, 0.2) is 52.1 Å². The number of aliphatic imine (C=N–C) groups is 1. The van der Waals surface area contributed by atoms with Gasteiger partial charge in [-0.15, -0.1) is 0 Å². The zero-order valence-electron chi connectivity index (χ0n) is 15.0. The number of guanidine groups is 1. The molecular formula is C19H26N4O2. The summed E-state index contributed by atoms with van der Waals surface area (Å²) in [6.07, 6.45) is 2.47. The largest absolute Gasteiger partial charge is 0.467 e. The topological polar surface area (TPSA) is 78.7 Å². The van der Waals surface area contributed by atoms with Crippen LogP contribution in [-0.2, 0) is 17.9 Å². The molecule has 1 aromatic heterocycles. The third-order valence-electron chi connectivity index (χ3n) is 3.95. The highest BCUT2D eigenvalue weighted by Gasteiger charge is 2.10. The molecule has 1 amide bonds. The second-order valence-corrected chi connectivity index (χ2v) is 5.86. The summed E-state index contributed by atoms with van der Waals surface area (Å²) in [4.78, 5) is 16.2. The van der Waals surface area contributed by atoms with Crippen molar-refractivity contribution in [2.45, 2.75) is 33.4 Å². The fourth-order valence-corrected chi connectivity index (χ4v) is 2.20. The van der Waals surface area contributed by atoms with Crippen molar-refractivity contribution in [3.63, 3.8) is 0 Å². The van der Waals surface area contributed by atoms with E-state index in [2.05, 4.69) is 20.9 Å². The predicted molar refractivity (Wildman–Crippen MR) is 100 cm³/mol. The summed E-state index contributed by atoms with van der Waals surface area (Å²) < 4.78 is 5.29. The van der Waals surface area contributed by atoms with Crippen LogP contribution < -0.4 is 16.0 Å². The Balaban J connectivity index is 1.87. The van der Waals surface area contributed by atoms with Gasteiger partial charge in [0.25, 0.3) is 0 Å². The zero-order valence-corrected chi connectivity index (χ0v) is 15.0. The van der Waals surface area contributed by atoms with E-state index < -0.39 is 0 Å². The lowest BCUT2D eigenvalue weighted by Gasteiger charge is -2.13. The van der Waals surface area contributed by atoms with E-state index in [4.69, 9.17) is 4.42 Å². The fraction of sp³-hybridized carbons (Fsp3) is 0.368. The third-order valence-corrected chi connectivity index (χ3v) is 3.95. The monoisotopic (exact) mass is 342 g/mol. The van der Waals surface area contributed by atoms with Gasteiger partial charge in [-0.2, -0.15) is 0 Å². The number of hydrogen-bond donors (Lipinski definition) is 3. The van der Waals surface area contributed by atoms with Crippen LogP contribution in [-0.4, -0.2) is 18.9 Å². The summed E-state index contributed by atoms with van der Waals surface area (Å²) in [5.41, 5.74) is 1.87. The van der Waals surface area contributed by atoms with Gasteiger partial charge in [0.15, 0.2) is 5.96 Å². The molecule has 6 heteroatoms. The molecule has 0 fully saturated rings. The molecule has 2 aromatic rings. The summed E-state index contributed by atoms with van der Waals surface area (Å²) in [5, 5.41) is 9.39. The Hall–Kier alpha value is -2.76. The van der Waals surface area contributed by atoms with Gasteiger partial charge in [0.2, 0.25) is 5.91 Å². The molecule has 0 radical (unpaired) electrons. The minimum Gasteiger partial charge on any atom is -0.467 e. The van der Waals surface area contributed by atoms with Crippen molar-refractivity contribution >= 4 is 17.6 Å². The summed E-state index contributed by atoms with van der Waals surface area (Å²) in [5.74, 6) is 1.58. The number of hydrogen-bond acceptors (Lipinski definition) is 3. The van der Waals surface area contributed by atoms with Gasteiger partial charge in [0.1, 0.15) is 5.76 Å². The molecule has 1 unspecified atom stereocenters. The highest BCUT2D eigenvalue weighted by atomic mass is 16.3. The molecule has 0 saturated heterocycles. The zero-order chi connectivity index (χ0) is 18.1. The molecule has 0 aliphatic rings. The van der Waals surface area contributed by atoms with Crippen LogP contribution in [0.1, 0.15) is 31.6 Å². The molecule has 0 aliphatic carbocycles. The van der Waals surface area contributed by atoms with Crippen LogP contribution in [0.5, 0.6) is 0 Å². The normalized spacial score (nSPS) is 12.5. The SMILES string of the molecule is CCC(C)C(=O)Nc1cccc(CNC(=NC)NCc2ccco2)c1. The molecule has 1 heterocycles. The third kappa shape index (κ3) is 5.99. The van der Waals surface area contributed by atoms with Gasteiger partial charge in [0, 0.05) is 25.2 Å². The number of benzene rings is 1. The lowest BCUT2D eigenvalue weighted by molar-refractivity contribution is -0.119. The summed E-state index contributed by atoms with van der Waals surface area (Å²) in [6, 6.07) is 11.6. The van der Waals surface area contributed by atoms with Crippen LogP contribution in [0.2, 0.25) is 0 Å². The van der Waals surface area contributed by atoms with E-state index >= 15 is 0 Å². The first-order chi connectivity index (χ1) is 12.1. The molecule has 0 spiro atoms. The van der Waals surface area contributed by atoms with Crippen molar-refractivity contribution in [3.8, 4) is 0 Å². The minimum absolute atomic E-state index is 0.00593. The van der Waals surface area contributed by atoms with E-state index in [9.17, 15) is 4.79 Å². The van der Waals surface area contributed by atoms with E-state index in [1.165, 1.54) is 0 Å². The van der Waals surface area contributed by atoms with Gasteiger partial charge in [-0.1, -0.05) is 26.0 Å². The average Bonchev–Trinajstić information content (AvgIpc) is 3.15. The standard InChI is InChI=1S/C19H26N4O2/c1-4-14(2)18(24)23-16-8-5-7-15(11-16)12-21-19(20-3)22-13-17-9-6-10-25-17/h5-11,14H,4,12-13H2,1-3H3,(H,23,24)(H2,20,21,22). The van der Waals surface area contributed by atoms with E-state index in [1.807, 2.05) is 50.2 Å². The van der Waals surface area contributed by atoms with Crippen molar-refractivity contribution in [2.24, 2.45) is 10.9 Å². The second kappa shape index (κ2) is 9.52. The number of carbonyl (C=O) groups is 1. The van der Waals surface area contributed by atoms with Crippen LogP contribution in [0.3, 0.4) is 0 Å². The number of nitrogens with one attached hydrogen (secondary N) is 3. The van der Waals surface area contributed by atoms with Gasteiger partial charge in [-0.3, -0.25) is 9.79 Å². The van der Waals surface area contributed by atoms with Crippen LogP contribution >= 0.6 is 0 Å². The van der Waals surface area contributed by atoms with Crippen molar-refractivity contribution in [1.82, 2.24) is 10.6 Å². The Morgan fingerprint density at radius 2 is 2.00 bits per heavy atom. The molecule has 134 valence electrons. The first kappa shape index (κ1) is 18.6. The van der Waals surface area contributed by atoms with Gasteiger partial charge in [-0.25, -0.2) is 0 Å². The minimum atomic E-state index is 0.00593. The van der Waals surface area contributed by atoms with Gasteiger partial charge in [0.05, 0.1) is 12.8 Å². The first-order valence-electron chi connectivity index (χ1n) is 8.49. The van der Waals surface area contributed by atoms with Crippen LogP contribution in [0.25, 0.3) is 0 Å². The second-order valence-electron chi connectivity index (χ2n) is 5.86. The van der Waals surface area contributed by atoms with Crippen molar-refractivity contribution in [2.75, 3.05) is 12.4 Å². The number of anilines is 1. The maximum Gasteiger partial charge on any atom is 0.227 e. The van der Waals surface area contributed by atoms with Gasteiger partial charge < -0.3 is 20.4 Å². The van der Waals surface area contributed by atoms with E-state index in [1.54, 1.807) is 13.3 Å². The Morgan fingerprint density at radius 1 is 1.20 bits per heavy atom. The quantitative estimate of drug-likeness (QED) is 0.533. The molecule has 0 aliphatic heterocycles. The molecule has 2 rings (SSSR count). The van der Waals surface area contributed by atoms with Crippen LogP contribution in [0, 0.1) is 5.92 Å². The van der Waals surface area contributed by atoms with E-state index in [-0.39, 0.29) is 11.8 Å². The molecular weight excluding hydrogens is 316 g/mol. The van der Waals surface area contributed by atoms with Gasteiger partial charge in [-0.05, 0) is 36.2 Å².